The Bertz CT molecular complexity index is 420. The second-order valence-electron chi connectivity index (χ2n) is 6.83. The van der Waals surface area contributed by atoms with Crippen molar-refractivity contribution in [2.24, 2.45) is 5.92 Å². The largest absolute Gasteiger partial charge is 0.508 e. The molecular formula is C18H27NO. The first-order valence-corrected chi connectivity index (χ1v) is 8.25. The predicted octanol–water partition coefficient (Wildman–Crippen LogP) is 4.15. The summed E-state index contributed by atoms with van der Waals surface area (Å²) in [4.78, 5) is 2.74. The topological polar surface area (TPSA) is 23.5 Å². The maximum atomic E-state index is 9.43. The van der Waals surface area contributed by atoms with Crippen molar-refractivity contribution in [2.45, 2.75) is 57.4 Å². The fourth-order valence-corrected chi connectivity index (χ4v) is 3.94. The van der Waals surface area contributed by atoms with Crippen LogP contribution in [-0.2, 0) is 0 Å². The number of phenols is 1. The summed E-state index contributed by atoms with van der Waals surface area (Å²) in [6.45, 7) is 4.99. The van der Waals surface area contributed by atoms with E-state index in [1.54, 1.807) is 0 Å². The van der Waals surface area contributed by atoms with E-state index in [4.69, 9.17) is 0 Å². The second kappa shape index (κ2) is 6.17. The molecule has 2 fully saturated rings. The lowest BCUT2D eigenvalue weighted by Crippen LogP contribution is -2.43. The third-order valence-electron chi connectivity index (χ3n) is 5.35. The van der Waals surface area contributed by atoms with E-state index >= 15 is 0 Å². The van der Waals surface area contributed by atoms with E-state index < -0.39 is 0 Å². The lowest BCUT2D eigenvalue weighted by Gasteiger charge is -2.41. The molecule has 0 radical (unpaired) electrons. The minimum atomic E-state index is 0.381. The van der Waals surface area contributed by atoms with Crippen LogP contribution in [-0.4, -0.2) is 29.1 Å². The minimum Gasteiger partial charge on any atom is -0.508 e. The highest BCUT2D eigenvalue weighted by molar-refractivity contribution is 5.28. The van der Waals surface area contributed by atoms with Crippen molar-refractivity contribution in [2.75, 3.05) is 13.1 Å². The van der Waals surface area contributed by atoms with E-state index in [0.29, 0.717) is 11.7 Å². The second-order valence-corrected chi connectivity index (χ2v) is 6.83. The number of piperidine rings is 1. The van der Waals surface area contributed by atoms with E-state index in [2.05, 4.69) is 24.0 Å². The Morgan fingerprint density at radius 2 is 1.70 bits per heavy atom. The molecule has 1 saturated carbocycles. The molecule has 2 unspecified atom stereocenters. The molecule has 1 aliphatic heterocycles. The molecule has 2 nitrogen and oxygen atoms in total. The molecule has 1 saturated heterocycles. The molecule has 3 rings (SSSR count). The van der Waals surface area contributed by atoms with E-state index in [9.17, 15) is 5.11 Å². The summed E-state index contributed by atoms with van der Waals surface area (Å²) in [5, 5.41) is 9.43. The number of hydrogen-bond acceptors (Lipinski definition) is 2. The number of phenolic OH excluding ortho intramolecular Hbond substituents is 1. The summed E-state index contributed by atoms with van der Waals surface area (Å²) < 4.78 is 0. The van der Waals surface area contributed by atoms with Crippen molar-refractivity contribution in [3.63, 3.8) is 0 Å². The maximum Gasteiger partial charge on any atom is 0.115 e. The van der Waals surface area contributed by atoms with Crippen LogP contribution in [0.1, 0.15) is 56.9 Å². The lowest BCUT2D eigenvalue weighted by atomic mass is 9.80. The Labute approximate surface area is 122 Å². The molecule has 0 aromatic heterocycles. The van der Waals surface area contributed by atoms with Crippen molar-refractivity contribution in [1.29, 1.82) is 0 Å². The van der Waals surface area contributed by atoms with Crippen LogP contribution >= 0.6 is 0 Å². The standard InChI is InChI=1S/C18H27NO/c1-14-9-11-19(12-10-14)17-4-2-3-16(13-17)15-5-7-18(20)8-6-15/h5-8,14,16-17,20H,2-4,9-13H2,1H3. The third-order valence-corrected chi connectivity index (χ3v) is 5.35. The fraction of sp³-hybridized carbons (Fsp3) is 0.667. The summed E-state index contributed by atoms with van der Waals surface area (Å²) in [5.74, 6) is 1.99. The van der Waals surface area contributed by atoms with Crippen molar-refractivity contribution < 1.29 is 5.11 Å². The van der Waals surface area contributed by atoms with E-state index in [-0.39, 0.29) is 0 Å². The van der Waals surface area contributed by atoms with Gasteiger partial charge in [0.1, 0.15) is 5.75 Å². The van der Waals surface area contributed by atoms with Gasteiger partial charge in [0.25, 0.3) is 0 Å². The van der Waals surface area contributed by atoms with Gasteiger partial charge in [-0.1, -0.05) is 25.5 Å². The van der Waals surface area contributed by atoms with Gasteiger partial charge in [-0.05, 0) is 74.7 Å². The molecule has 1 heterocycles. The highest BCUT2D eigenvalue weighted by Gasteiger charge is 2.29. The van der Waals surface area contributed by atoms with Crippen molar-refractivity contribution in [1.82, 2.24) is 4.90 Å². The van der Waals surface area contributed by atoms with E-state index in [0.717, 1.165) is 12.0 Å². The van der Waals surface area contributed by atoms with Crippen LogP contribution in [0, 0.1) is 5.92 Å². The molecule has 0 spiro atoms. The summed E-state index contributed by atoms with van der Waals surface area (Å²) in [5.41, 5.74) is 1.41. The minimum absolute atomic E-state index is 0.381. The van der Waals surface area contributed by atoms with Gasteiger partial charge in [0.15, 0.2) is 0 Å². The Morgan fingerprint density at radius 3 is 2.40 bits per heavy atom. The van der Waals surface area contributed by atoms with Gasteiger partial charge >= 0.3 is 0 Å². The average Bonchev–Trinajstić information content (AvgIpc) is 2.49. The van der Waals surface area contributed by atoms with Crippen LogP contribution in [0.3, 0.4) is 0 Å². The van der Waals surface area contributed by atoms with Gasteiger partial charge in [0, 0.05) is 6.04 Å². The highest BCUT2D eigenvalue weighted by atomic mass is 16.3. The number of aromatic hydroxyl groups is 1. The Balaban J connectivity index is 1.63. The quantitative estimate of drug-likeness (QED) is 0.875. The molecule has 1 aliphatic carbocycles. The van der Waals surface area contributed by atoms with Gasteiger partial charge < -0.3 is 10.0 Å². The van der Waals surface area contributed by atoms with E-state index in [1.165, 1.54) is 57.2 Å². The molecular weight excluding hydrogens is 246 g/mol. The van der Waals surface area contributed by atoms with Gasteiger partial charge in [0.05, 0.1) is 0 Å². The molecule has 2 heteroatoms. The molecule has 0 amide bonds. The number of hydrogen-bond donors (Lipinski definition) is 1. The van der Waals surface area contributed by atoms with Crippen molar-refractivity contribution >= 4 is 0 Å². The first-order valence-electron chi connectivity index (χ1n) is 8.25. The average molecular weight is 273 g/mol. The lowest BCUT2D eigenvalue weighted by molar-refractivity contribution is 0.105. The number of likely N-dealkylation sites (tertiary alicyclic amines) is 1. The van der Waals surface area contributed by atoms with Gasteiger partial charge in [-0.15, -0.1) is 0 Å². The van der Waals surface area contributed by atoms with Crippen LogP contribution in [0.2, 0.25) is 0 Å². The van der Waals surface area contributed by atoms with Crippen LogP contribution in [0.25, 0.3) is 0 Å². The highest BCUT2D eigenvalue weighted by Crippen LogP contribution is 2.36. The Kier molecular flexibility index (Phi) is 4.30. The zero-order chi connectivity index (χ0) is 13.9. The normalized spacial score (nSPS) is 29.4. The maximum absolute atomic E-state index is 9.43. The molecule has 1 aromatic rings. The third kappa shape index (κ3) is 3.17. The van der Waals surface area contributed by atoms with Crippen LogP contribution in [0.5, 0.6) is 5.75 Å². The fourth-order valence-electron chi connectivity index (χ4n) is 3.94. The zero-order valence-electron chi connectivity index (χ0n) is 12.6. The van der Waals surface area contributed by atoms with Crippen molar-refractivity contribution in [3.8, 4) is 5.75 Å². The van der Waals surface area contributed by atoms with Crippen LogP contribution in [0.15, 0.2) is 24.3 Å². The van der Waals surface area contributed by atoms with Gasteiger partial charge in [-0.25, -0.2) is 0 Å². The number of rotatable bonds is 2. The SMILES string of the molecule is CC1CCN(C2CCCC(c3ccc(O)cc3)C2)CC1. The molecule has 0 bridgehead atoms. The number of benzene rings is 1. The molecule has 1 N–H and O–H groups in total. The molecule has 2 aliphatic rings. The molecule has 2 atom stereocenters. The van der Waals surface area contributed by atoms with E-state index in [1.807, 2.05) is 12.1 Å². The van der Waals surface area contributed by atoms with Crippen LogP contribution < -0.4 is 0 Å². The summed E-state index contributed by atoms with van der Waals surface area (Å²) >= 11 is 0. The Hall–Kier alpha value is -1.02. The molecule has 20 heavy (non-hydrogen) atoms. The van der Waals surface area contributed by atoms with Gasteiger partial charge in [-0.3, -0.25) is 0 Å². The zero-order valence-corrected chi connectivity index (χ0v) is 12.6. The van der Waals surface area contributed by atoms with Gasteiger partial charge in [-0.2, -0.15) is 0 Å². The summed E-state index contributed by atoms with van der Waals surface area (Å²) in [6.07, 6.45) is 8.09. The predicted molar refractivity (Wildman–Crippen MR) is 83.1 cm³/mol. The molecule has 1 aromatic carbocycles. The van der Waals surface area contributed by atoms with Crippen molar-refractivity contribution in [3.05, 3.63) is 29.8 Å². The summed E-state index contributed by atoms with van der Waals surface area (Å²) in [6, 6.07) is 8.68. The Morgan fingerprint density at radius 1 is 1.00 bits per heavy atom. The first-order chi connectivity index (χ1) is 9.72. The first kappa shape index (κ1) is 13.9. The number of nitrogens with zero attached hydrogens (tertiary/aromatic N) is 1. The molecule has 110 valence electrons. The smallest absolute Gasteiger partial charge is 0.115 e. The van der Waals surface area contributed by atoms with Gasteiger partial charge in [0.2, 0.25) is 0 Å². The van der Waals surface area contributed by atoms with Crippen LogP contribution in [0.4, 0.5) is 0 Å². The monoisotopic (exact) mass is 273 g/mol. The summed E-state index contributed by atoms with van der Waals surface area (Å²) in [7, 11) is 0.